The minimum atomic E-state index is -0.698. The molecule has 0 bridgehead atoms. The van der Waals surface area contributed by atoms with Crippen LogP contribution in [0.3, 0.4) is 0 Å². The Morgan fingerprint density at radius 1 is 1.37 bits per heavy atom. The highest BCUT2D eigenvalue weighted by Crippen LogP contribution is 2.22. The van der Waals surface area contributed by atoms with Gasteiger partial charge in [-0.15, -0.1) is 0 Å². The zero-order valence-electron chi connectivity index (χ0n) is 10.3. The average molecular weight is 326 g/mol. The van der Waals surface area contributed by atoms with Crippen LogP contribution in [0.5, 0.6) is 5.75 Å². The molecule has 0 saturated heterocycles. The first-order valence-electron chi connectivity index (χ1n) is 5.77. The molecule has 1 atom stereocenters. The largest absolute Gasteiger partial charge is 0.484 e. The van der Waals surface area contributed by atoms with E-state index in [4.69, 9.17) is 4.74 Å². The van der Waals surface area contributed by atoms with Gasteiger partial charge in [-0.05, 0) is 52.7 Å². The summed E-state index contributed by atoms with van der Waals surface area (Å²) in [5.41, 5.74) is 1.23. The normalized spacial score (nSPS) is 12.2. The van der Waals surface area contributed by atoms with Gasteiger partial charge in [-0.1, -0.05) is 6.07 Å². The summed E-state index contributed by atoms with van der Waals surface area (Å²) in [6.45, 7) is 1.78. The van der Waals surface area contributed by atoms with Gasteiger partial charge in [0.1, 0.15) is 6.61 Å². The third-order valence-corrected chi connectivity index (χ3v) is 3.07. The van der Waals surface area contributed by atoms with E-state index in [-0.39, 0.29) is 12.4 Å². The van der Waals surface area contributed by atoms with Crippen LogP contribution >= 0.6 is 15.9 Å². The molecule has 0 saturated carbocycles. The number of hydrogen-bond donors (Lipinski definition) is 1. The van der Waals surface area contributed by atoms with Crippen molar-refractivity contribution in [3.05, 3.63) is 58.1 Å². The molecule has 0 fully saturated rings. The molecule has 2 rings (SSSR count). The van der Waals surface area contributed by atoms with Gasteiger partial charge >= 0.3 is 0 Å². The van der Waals surface area contributed by atoms with E-state index in [0.29, 0.717) is 11.3 Å². The minimum absolute atomic E-state index is 0.147. The molecule has 0 radical (unpaired) electrons. The molecule has 100 valence electrons. The van der Waals surface area contributed by atoms with Gasteiger partial charge in [0.05, 0.1) is 11.8 Å². The maximum atomic E-state index is 13.7. The molecule has 0 amide bonds. The van der Waals surface area contributed by atoms with E-state index >= 15 is 0 Å². The molecular weight excluding hydrogens is 313 g/mol. The van der Waals surface area contributed by atoms with Crippen LogP contribution in [0.15, 0.2) is 41.0 Å². The van der Waals surface area contributed by atoms with Gasteiger partial charge in [-0.2, -0.15) is 0 Å². The summed E-state index contributed by atoms with van der Waals surface area (Å²) >= 11 is 3.29. The van der Waals surface area contributed by atoms with Crippen molar-refractivity contribution in [2.45, 2.75) is 19.6 Å². The van der Waals surface area contributed by atoms with Gasteiger partial charge in [0.15, 0.2) is 11.6 Å². The standard InChI is InChI=1S/C14H13BrFNO2/c1-9(18)10-2-5-14(13(16)6-10)19-8-12-4-3-11(15)7-17-12/h2-7,9,18H,8H2,1H3/t9-/m0/s1. The number of aliphatic hydroxyl groups excluding tert-OH is 1. The Kier molecular flexibility index (Phi) is 4.50. The summed E-state index contributed by atoms with van der Waals surface area (Å²) in [5, 5.41) is 9.35. The Bertz CT molecular complexity index is 558. The quantitative estimate of drug-likeness (QED) is 0.933. The molecule has 19 heavy (non-hydrogen) atoms. The molecule has 1 heterocycles. The summed E-state index contributed by atoms with van der Waals surface area (Å²) in [6, 6.07) is 8.06. The molecule has 0 spiro atoms. The number of aliphatic hydroxyl groups is 1. The predicted octanol–water partition coefficient (Wildman–Crippen LogP) is 3.62. The summed E-state index contributed by atoms with van der Waals surface area (Å²) in [7, 11) is 0. The maximum Gasteiger partial charge on any atom is 0.165 e. The van der Waals surface area contributed by atoms with Crippen LogP contribution in [0.25, 0.3) is 0 Å². The van der Waals surface area contributed by atoms with Crippen molar-refractivity contribution in [1.29, 1.82) is 0 Å². The van der Waals surface area contributed by atoms with Crippen molar-refractivity contribution in [2.75, 3.05) is 0 Å². The molecule has 0 unspecified atom stereocenters. The maximum absolute atomic E-state index is 13.7. The second-order valence-corrected chi connectivity index (χ2v) is 5.04. The third-order valence-electron chi connectivity index (χ3n) is 2.60. The van der Waals surface area contributed by atoms with E-state index in [0.717, 1.165) is 4.47 Å². The minimum Gasteiger partial charge on any atom is -0.484 e. The van der Waals surface area contributed by atoms with Crippen LogP contribution in [-0.2, 0) is 6.61 Å². The molecule has 0 aliphatic rings. The molecule has 1 aromatic carbocycles. The van der Waals surface area contributed by atoms with Gasteiger partial charge in [0.25, 0.3) is 0 Å². The van der Waals surface area contributed by atoms with Crippen molar-refractivity contribution in [2.24, 2.45) is 0 Å². The van der Waals surface area contributed by atoms with Crippen molar-refractivity contribution in [3.8, 4) is 5.75 Å². The number of benzene rings is 1. The Labute approximate surface area is 119 Å². The molecule has 1 aromatic heterocycles. The lowest BCUT2D eigenvalue weighted by atomic mass is 10.1. The number of ether oxygens (including phenoxy) is 1. The fourth-order valence-electron chi connectivity index (χ4n) is 1.54. The Morgan fingerprint density at radius 3 is 2.74 bits per heavy atom. The van der Waals surface area contributed by atoms with E-state index in [1.807, 2.05) is 6.07 Å². The second kappa shape index (κ2) is 6.12. The van der Waals surface area contributed by atoms with E-state index in [1.54, 1.807) is 25.3 Å². The SMILES string of the molecule is C[C@H](O)c1ccc(OCc2ccc(Br)cn2)c(F)c1. The van der Waals surface area contributed by atoms with Crippen molar-refractivity contribution >= 4 is 15.9 Å². The van der Waals surface area contributed by atoms with E-state index in [2.05, 4.69) is 20.9 Å². The highest BCUT2D eigenvalue weighted by Gasteiger charge is 2.08. The Hall–Kier alpha value is -1.46. The summed E-state index contributed by atoms with van der Waals surface area (Å²) in [6.07, 6.45) is 0.961. The van der Waals surface area contributed by atoms with Crippen LogP contribution < -0.4 is 4.74 Å². The van der Waals surface area contributed by atoms with Crippen molar-refractivity contribution in [1.82, 2.24) is 4.98 Å². The van der Waals surface area contributed by atoms with Crippen LogP contribution in [0.4, 0.5) is 4.39 Å². The van der Waals surface area contributed by atoms with Crippen LogP contribution in [0.1, 0.15) is 24.3 Å². The van der Waals surface area contributed by atoms with Gasteiger partial charge in [-0.25, -0.2) is 4.39 Å². The number of aromatic nitrogens is 1. The smallest absolute Gasteiger partial charge is 0.165 e. The molecule has 0 aliphatic heterocycles. The van der Waals surface area contributed by atoms with E-state index in [1.165, 1.54) is 12.1 Å². The number of rotatable bonds is 4. The van der Waals surface area contributed by atoms with E-state index in [9.17, 15) is 9.50 Å². The molecule has 1 N–H and O–H groups in total. The summed E-state index contributed by atoms with van der Waals surface area (Å²) in [4.78, 5) is 4.13. The lowest BCUT2D eigenvalue weighted by Gasteiger charge is -2.09. The van der Waals surface area contributed by atoms with Crippen molar-refractivity contribution in [3.63, 3.8) is 0 Å². The van der Waals surface area contributed by atoms with Gasteiger partial charge < -0.3 is 9.84 Å². The topological polar surface area (TPSA) is 42.4 Å². The van der Waals surface area contributed by atoms with Crippen LogP contribution in [0, 0.1) is 5.82 Å². The average Bonchev–Trinajstić information content (AvgIpc) is 2.39. The van der Waals surface area contributed by atoms with E-state index < -0.39 is 11.9 Å². The molecular formula is C14H13BrFNO2. The molecule has 0 aliphatic carbocycles. The van der Waals surface area contributed by atoms with Crippen LogP contribution in [0.2, 0.25) is 0 Å². The van der Waals surface area contributed by atoms with Gasteiger partial charge in [-0.3, -0.25) is 4.98 Å². The number of pyridine rings is 1. The number of nitrogens with zero attached hydrogens (tertiary/aromatic N) is 1. The molecule has 2 aromatic rings. The zero-order chi connectivity index (χ0) is 13.8. The highest BCUT2D eigenvalue weighted by atomic mass is 79.9. The van der Waals surface area contributed by atoms with Crippen molar-refractivity contribution < 1.29 is 14.2 Å². The highest BCUT2D eigenvalue weighted by molar-refractivity contribution is 9.10. The first-order valence-corrected chi connectivity index (χ1v) is 6.56. The number of hydrogen-bond acceptors (Lipinski definition) is 3. The fourth-order valence-corrected chi connectivity index (χ4v) is 1.77. The molecule has 5 heteroatoms. The lowest BCUT2D eigenvalue weighted by Crippen LogP contribution is -2.00. The molecule has 3 nitrogen and oxygen atoms in total. The Balaban J connectivity index is 2.05. The number of halogens is 2. The summed E-state index contributed by atoms with van der Waals surface area (Å²) in [5.74, 6) is -0.343. The van der Waals surface area contributed by atoms with Gasteiger partial charge in [0, 0.05) is 10.7 Å². The monoisotopic (exact) mass is 325 g/mol. The first-order chi connectivity index (χ1) is 9.06. The van der Waals surface area contributed by atoms with Crippen LogP contribution in [-0.4, -0.2) is 10.1 Å². The third kappa shape index (κ3) is 3.75. The Morgan fingerprint density at radius 2 is 2.16 bits per heavy atom. The zero-order valence-corrected chi connectivity index (χ0v) is 11.9. The van der Waals surface area contributed by atoms with Gasteiger partial charge in [0.2, 0.25) is 0 Å². The lowest BCUT2D eigenvalue weighted by molar-refractivity contribution is 0.198. The first kappa shape index (κ1) is 14.0. The fraction of sp³-hybridized carbons (Fsp3) is 0.214. The second-order valence-electron chi connectivity index (χ2n) is 4.12. The predicted molar refractivity (Wildman–Crippen MR) is 73.3 cm³/mol. The summed E-state index contributed by atoms with van der Waals surface area (Å²) < 4.78 is 20.0.